The second-order valence-corrected chi connectivity index (χ2v) is 2.62. The molecule has 0 fully saturated rings. The third kappa shape index (κ3) is 6.85. The molecule has 0 aliphatic carbocycles. The van der Waals surface area contributed by atoms with Crippen LogP contribution in [0.25, 0.3) is 10.4 Å². The fourth-order valence-electron chi connectivity index (χ4n) is 0.818. The van der Waals surface area contributed by atoms with Crippen LogP contribution in [0.1, 0.15) is 6.42 Å². The highest BCUT2D eigenvalue weighted by Crippen LogP contribution is 2.20. The molecule has 0 unspecified atom stereocenters. The van der Waals surface area contributed by atoms with Gasteiger partial charge in [-0.2, -0.15) is 0 Å². The van der Waals surface area contributed by atoms with Gasteiger partial charge < -0.3 is 10.4 Å². The molecule has 0 aliphatic rings. The first-order valence-corrected chi connectivity index (χ1v) is 3.72. The van der Waals surface area contributed by atoms with Gasteiger partial charge in [0.1, 0.15) is 0 Å². The van der Waals surface area contributed by atoms with Gasteiger partial charge in [-0.05, 0) is 12.6 Å². The van der Waals surface area contributed by atoms with Gasteiger partial charge in [0, 0.05) is 17.4 Å². The lowest BCUT2D eigenvalue weighted by atomic mass is 10.1. The summed E-state index contributed by atoms with van der Waals surface area (Å²) < 4.78 is 25.6. The number of rotatable bonds is 6. The summed E-state index contributed by atoms with van der Waals surface area (Å²) in [7, 11) is 1.48. The van der Waals surface area contributed by atoms with E-state index in [4.69, 9.17) is 10.6 Å². The number of alkyl halides is 2. The van der Waals surface area contributed by atoms with Crippen molar-refractivity contribution in [3.63, 3.8) is 0 Å². The van der Waals surface area contributed by atoms with Crippen molar-refractivity contribution in [3.05, 3.63) is 10.4 Å². The van der Waals surface area contributed by atoms with Crippen LogP contribution in [0.3, 0.4) is 0 Å². The van der Waals surface area contributed by atoms with Crippen LogP contribution in [0, 0.1) is 0 Å². The number of nitrogens with zero attached hydrogens (tertiary/aromatic N) is 3. The molecule has 0 rings (SSSR count). The quantitative estimate of drug-likeness (QED) is 0.410. The van der Waals surface area contributed by atoms with Crippen LogP contribution in [0.5, 0.6) is 0 Å². The van der Waals surface area contributed by atoms with E-state index in [-0.39, 0.29) is 19.0 Å². The Labute approximate surface area is 86.5 Å². The maximum absolute atomic E-state index is 12.8. The normalized spacial score (nSPS) is 12.6. The highest BCUT2D eigenvalue weighted by atomic mass is 35.5. The first kappa shape index (κ1) is 15.8. The Bertz CT molecular complexity index is 194. The summed E-state index contributed by atoms with van der Waals surface area (Å²) in [6.07, 6.45) is -0.543. The van der Waals surface area contributed by atoms with Gasteiger partial charge in [0.15, 0.2) is 0 Å². The lowest BCUT2D eigenvalue weighted by Gasteiger charge is -2.19. The molecule has 8 heteroatoms. The highest BCUT2D eigenvalue weighted by Gasteiger charge is 2.31. The van der Waals surface area contributed by atoms with Crippen molar-refractivity contribution < 1.29 is 13.9 Å². The second kappa shape index (κ2) is 7.75. The predicted octanol–water partition coefficient (Wildman–Crippen LogP) is 1.32. The minimum absolute atomic E-state index is 0. The molecule has 0 saturated heterocycles. The largest absolute Gasteiger partial charge is 0.395 e. The monoisotopic (exact) mass is 230 g/mol. The fourth-order valence-corrected chi connectivity index (χ4v) is 0.818. The molecular weight excluding hydrogens is 218 g/mol. The first-order valence-electron chi connectivity index (χ1n) is 3.72. The van der Waals surface area contributed by atoms with Crippen LogP contribution < -0.4 is 5.32 Å². The molecular formula is C6H13ClF2N4O. The minimum atomic E-state index is -3.07. The van der Waals surface area contributed by atoms with Crippen molar-refractivity contribution in [2.75, 3.05) is 20.2 Å². The molecule has 0 spiro atoms. The van der Waals surface area contributed by atoms with E-state index >= 15 is 0 Å². The average Bonchev–Trinajstić information content (AvgIpc) is 2.11. The van der Waals surface area contributed by atoms with Crippen molar-refractivity contribution in [1.82, 2.24) is 5.32 Å². The standard InChI is InChI=1S/C6H12F2N4O.ClH/c1-10-5(3-13)2-6(7,8)4-11-12-9;/h5,10,13H,2-4H2,1H3;1H/t5-;/m0./s1. The summed E-state index contributed by atoms with van der Waals surface area (Å²) in [5.74, 6) is -3.07. The van der Waals surface area contributed by atoms with E-state index in [1.54, 1.807) is 0 Å². The van der Waals surface area contributed by atoms with E-state index in [0.29, 0.717) is 0 Å². The average molecular weight is 231 g/mol. The number of aliphatic hydroxyl groups excluding tert-OH is 1. The van der Waals surface area contributed by atoms with Crippen molar-refractivity contribution in [2.45, 2.75) is 18.4 Å². The SMILES string of the molecule is CN[C@H](CO)CC(F)(F)CN=[N+]=[N-].Cl. The Hall–Kier alpha value is -0.620. The van der Waals surface area contributed by atoms with Crippen LogP contribution in [0.15, 0.2) is 5.11 Å². The molecule has 0 heterocycles. The van der Waals surface area contributed by atoms with Gasteiger partial charge in [0.05, 0.1) is 13.2 Å². The third-order valence-electron chi connectivity index (χ3n) is 1.54. The van der Waals surface area contributed by atoms with Crippen molar-refractivity contribution in [3.8, 4) is 0 Å². The lowest BCUT2D eigenvalue weighted by Crippen LogP contribution is -2.37. The zero-order valence-corrected chi connectivity index (χ0v) is 8.47. The van der Waals surface area contributed by atoms with Crippen molar-refractivity contribution in [1.29, 1.82) is 0 Å². The molecule has 0 aliphatic heterocycles. The summed E-state index contributed by atoms with van der Waals surface area (Å²) in [5, 5.41) is 13.9. The summed E-state index contributed by atoms with van der Waals surface area (Å²) >= 11 is 0. The van der Waals surface area contributed by atoms with Gasteiger partial charge in [0.25, 0.3) is 5.92 Å². The molecule has 2 N–H and O–H groups in total. The number of hydrogen-bond donors (Lipinski definition) is 2. The second-order valence-electron chi connectivity index (χ2n) is 2.62. The Morgan fingerprint density at radius 1 is 1.64 bits per heavy atom. The van der Waals surface area contributed by atoms with Crippen LogP contribution in [0.2, 0.25) is 0 Å². The number of halogens is 3. The summed E-state index contributed by atoms with van der Waals surface area (Å²) in [4.78, 5) is 2.24. The van der Waals surface area contributed by atoms with E-state index in [2.05, 4.69) is 15.3 Å². The molecule has 0 aromatic heterocycles. The van der Waals surface area contributed by atoms with Crippen LogP contribution in [-0.2, 0) is 0 Å². The smallest absolute Gasteiger partial charge is 0.255 e. The zero-order valence-electron chi connectivity index (χ0n) is 7.65. The maximum Gasteiger partial charge on any atom is 0.255 e. The lowest BCUT2D eigenvalue weighted by molar-refractivity contribution is -0.0125. The van der Waals surface area contributed by atoms with Crippen molar-refractivity contribution in [2.24, 2.45) is 5.11 Å². The van der Waals surface area contributed by atoms with Gasteiger partial charge in [-0.15, -0.1) is 12.4 Å². The summed E-state index contributed by atoms with van der Waals surface area (Å²) in [6.45, 7) is -1.25. The number of aliphatic hydroxyl groups is 1. The Morgan fingerprint density at radius 3 is 2.57 bits per heavy atom. The van der Waals surface area contributed by atoms with Crippen molar-refractivity contribution >= 4 is 12.4 Å². The van der Waals surface area contributed by atoms with Crippen LogP contribution in [0.4, 0.5) is 8.78 Å². The van der Waals surface area contributed by atoms with Gasteiger partial charge in [-0.3, -0.25) is 0 Å². The molecule has 0 bridgehead atoms. The predicted molar refractivity (Wildman–Crippen MR) is 50.8 cm³/mol. The number of likely N-dealkylation sites (N-methyl/N-ethyl adjacent to an activating group) is 1. The Morgan fingerprint density at radius 2 is 2.21 bits per heavy atom. The Kier molecular flexibility index (Phi) is 8.77. The van der Waals surface area contributed by atoms with E-state index in [1.165, 1.54) is 7.05 Å². The van der Waals surface area contributed by atoms with E-state index in [0.717, 1.165) is 0 Å². The van der Waals surface area contributed by atoms with Crippen LogP contribution in [-0.4, -0.2) is 37.3 Å². The highest BCUT2D eigenvalue weighted by molar-refractivity contribution is 5.85. The molecule has 1 atom stereocenters. The molecule has 84 valence electrons. The number of azide groups is 1. The van der Waals surface area contributed by atoms with Gasteiger partial charge in [0.2, 0.25) is 0 Å². The molecule has 0 radical (unpaired) electrons. The van der Waals surface area contributed by atoms with Crippen LogP contribution >= 0.6 is 12.4 Å². The number of nitrogens with one attached hydrogen (secondary N) is 1. The van der Waals surface area contributed by atoms with Gasteiger partial charge in [-0.25, -0.2) is 8.78 Å². The first-order chi connectivity index (χ1) is 6.05. The molecule has 14 heavy (non-hydrogen) atoms. The third-order valence-corrected chi connectivity index (χ3v) is 1.54. The fraction of sp³-hybridized carbons (Fsp3) is 1.00. The topological polar surface area (TPSA) is 81.0 Å². The summed E-state index contributed by atoms with van der Waals surface area (Å²) in [6, 6.07) is -0.677. The van der Waals surface area contributed by atoms with E-state index in [1.807, 2.05) is 0 Å². The molecule has 0 aromatic rings. The molecule has 0 aromatic carbocycles. The van der Waals surface area contributed by atoms with Gasteiger partial charge in [-0.1, -0.05) is 5.11 Å². The maximum atomic E-state index is 12.8. The zero-order chi connectivity index (χ0) is 10.3. The molecule has 0 amide bonds. The number of hydrogen-bond acceptors (Lipinski definition) is 3. The molecule has 0 saturated carbocycles. The summed E-state index contributed by atoms with van der Waals surface area (Å²) in [5.41, 5.74) is 7.84. The van der Waals surface area contributed by atoms with E-state index in [9.17, 15) is 8.78 Å². The minimum Gasteiger partial charge on any atom is -0.395 e. The molecule has 5 nitrogen and oxygen atoms in total. The van der Waals surface area contributed by atoms with Gasteiger partial charge >= 0.3 is 0 Å². The van der Waals surface area contributed by atoms with E-state index < -0.39 is 24.9 Å². The Balaban J connectivity index is 0.